The van der Waals surface area contributed by atoms with Gasteiger partial charge in [-0.25, -0.2) is 0 Å². The Morgan fingerprint density at radius 1 is 1.29 bits per heavy atom. The quantitative estimate of drug-likeness (QED) is 0.777. The van der Waals surface area contributed by atoms with Crippen LogP contribution in [0.3, 0.4) is 0 Å². The summed E-state index contributed by atoms with van der Waals surface area (Å²) in [5, 5.41) is 3.35. The fraction of sp³-hybridized carbons (Fsp3) is 0.500. The summed E-state index contributed by atoms with van der Waals surface area (Å²) in [4.78, 5) is 12.0. The Balaban J connectivity index is 2.23. The van der Waals surface area contributed by atoms with Crippen molar-refractivity contribution in [1.29, 1.82) is 0 Å². The lowest BCUT2D eigenvalue weighted by Crippen LogP contribution is -2.27. The SMILES string of the molecule is NCCC(=O)c1ccccc1C1CCNCC1. The van der Waals surface area contributed by atoms with Crippen molar-refractivity contribution in [2.75, 3.05) is 19.6 Å². The zero-order chi connectivity index (χ0) is 12.1. The highest BCUT2D eigenvalue weighted by atomic mass is 16.1. The molecule has 3 nitrogen and oxygen atoms in total. The van der Waals surface area contributed by atoms with Gasteiger partial charge in [-0.3, -0.25) is 4.79 Å². The first kappa shape index (κ1) is 12.3. The molecular formula is C14H20N2O. The number of piperidine rings is 1. The van der Waals surface area contributed by atoms with Crippen molar-refractivity contribution in [3.05, 3.63) is 35.4 Å². The fourth-order valence-corrected chi connectivity index (χ4v) is 2.51. The standard InChI is InChI=1S/C14H20N2O/c15-8-5-14(17)13-4-2-1-3-12(13)11-6-9-16-10-7-11/h1-4,11,16H,5-10,15H2. The summed E-state index contributed by atoms with van der Waals surface area (Å²) in [6.07, 6.45) is 2.68. The molecule has 0 spiro atoms. The van der Waals surface area contributed by atoms with Gasteiger partial charge in [-0.15, -0.1) is 0 Å². The van der Waals surface area contributed by atoms with E-state index in [2.05, 4.69) is 11.4 Å². The first-order valence-electron chi connectivity index (χ1n) is 6.36. The minimum absolute atomic E-state index is 0.182. The van der Waals surface area contributed by atoms with E-state index in [1.54, 1.807) is 0 Å². The molecule has 92 valence electrons. The molecule has 0 aromatic heterocycles. The molecule has 1 fully saturated rings. The number of benzene rings is 1. The maximum absolute atomic E-state index is 12.0. The Bertz CT molecular complexity index is 384. The Kier molecular flexibility index (Phi) is 4.29. The molecule has 1 saturated heterocycles. The first-order valence-corrected chi connectivity index (χ1v) is 6.36. The van der Waals surface area contributed by atoms with Crippen LogP contribution in [0.5, 0.6) is 0 Å². The zero-order valence-corrected chi connectivity index (χ0v) is 10.1. The van der Waals surface area contributed by atoms with Gasteiger partial charge in [0.05, 0.1) is 0 Å². The largest absolute Gasteiger partial charge is 0.330 e. The summed E-state index contributed by atoms with van der Waals surface area (Å²) in [6.45, 7) is 2.52. The molecule has 3 heteroatoms. The number of ketones is 1. The van der Waals surface area contributed by atoms with Gasteiger partial charge in [0.15, 0.2) is 5.78 Å². The summed E-state index contributed by atoms with van der Waals surface area (Å²) < 4.78 is 0. The van der Waals surface area contributed by atoms with E-state index in [4.69, 9.17) is 5.73 Å². The lowest BCUT2D eigenvalue weighted by Gasteiger charge is -2.24. The topological polar surface area (TPSA) is 55.1 Å². The second kappa shape index (κ2) is 5.94. The van der Waals surface area contributed by atoms with E-state index >= 15 is 0 Å². The van der Waals surface area contributed by atoms with Crippen LogP contribution in [-0.4, -0.2) is 25.4 Å². The molecule has 0 radical (unpaired) electrons. The van der Waals surface area contributed by atoms with Crippen molar-refractivity contribution in [3.8, 4) is 0 Å². The number of hydrogen-bond donors (Lipinski definition) is 2. The molecule has 2 rings (SSSR count). The van der Waals surface area contributed by atoms with Gasteiger partial charge in [0.2, 0.25) is 0 Å². The van der Waals surface area contributed by atoms with E-state index in [1.165, 1.54) is 5.56 Å². The predicted molar refractivity (Wildman–Crippen MR) is 69.3 cm³/mol. The molecule has 0 saturated carbocycles. The van der Waals surface area contributed by atoms with Crippen molar-refractivity contribution in [1.82, 2.24) is 5.32 Å². The summed E-state index contributed by atoms with van der Waals surface area (Å²) >= 11 is 0. The van der Waals surface area contributed by atoms with Crippen LogP contribution in [-0.2, 0) is 0 Å². The highest BCUT2D eigenvalue weighted by Gasteiger charge is 2.20. The van der Waals surface area contributed by atoms with Crippen molar-refractivity contribution in [3.63, 3.8) is 0 Å². The van der Waals surface area contributed by atoms with Crippen LogP contribution in [0.15, 0.2) is 24.3 Å². The van der Waals surface area contributed by atoms with E-state index < -0.39 is 0 Å². The van der Waals surface area contributed by atoms with Crippen LogP contribution in [0.2, 0.25) is 0 Å². The molecule has 0 amide bonds. The predicted octanol–water partition coefficient (Wildman–Crippen LogP) is 1.69. The summed E-state index contributed by atoms with van der Waals surface area (Å²) in [5.74, 6) is 0.704. The lowest BCUT2D eigenvalue weighted by molar-refractivity contribution is 0.0984. The maximum Gasteiger partial charge on any atom is 0.164 e. The number of nitrogens with two attached hydrogens (primary N) is 1. The molecule has 17 heavy (non-hydrogen) atoms. The molecule has 1 heterocycles. The lowest BCUT2D eigenvalue weighted by atomic mass is 9.85. The van der Waals surface area contributed by atoms with Crippen molar-refractivity contribution >= 4 is 5.78 Å². The molecule has 3 N–H and O–H groups in total. The van der Waals surface area contributed by atoms with Crippen LogP contribution in [0.1, 0.15) is 41.1 Å². The highest BCUT2D eigenvalue weighted by Crippen LogP contribution is 2.28. The summed E-state index contributed by atoms with van der Waals surface area (Å²) in [7, 11) is 0. The molecule has 0 atom stereocenters. The number of rotatable bonds is 4. The molecular weight excluding hydrogens is 212 g/mol. The van der Waals surface area contributed by atoms with Crippen molar-refractivity contribution < 1.29 is 4.79 Å². The van der Waals surface area contributed by atoms with Gasteiger partial charge in [0.1, 0.15) is 0 Å². The van der Waals surface area contributed by atoms with Gasteiger partial charge < -0.3 is 11.1 Å². The molecule has 0 bridgehead atoms. The highest BCUT2D eigenvalue weighted by molar-refractivity contribution is 5.97. The fourth-order valence-electron chi connectivity index (χ4n) is 2.51. The number of nitrogens with one attached hydrogen (secondary N) is 1. The third kappa shape index (κ3) is 2.93. The first-order chi connectivity index (χ1) is 8.33. The number of carbonyl (C=O) groups excluding carboxylic acids is 1. The minimum atomic E-state index is 0.182. The summed E-state index contributed by atoms with van der Waals surface area (Å²) in [5.41, 5.74) is 7.56. The number of Topliss-reactive ketones (excluding diaryl/α,β-unsaturated/α-hetero) is 1. The van der Waals surface area contributed by atoms with Gasteiger partial charge in [0, 0.05) is 12.0 Å². The van der Waals surface area contributed by atoms with Crippen molar-refractivity contribution in [2.24, 2.45) is 5.73 Å². The van der Waals surface area contributed by atoms with Gasteiger partial charge in [-0.1, -0.05) is 24.3 Å². The number of carbonyl (C=O) groups is 1. The van der Waals surface area contributed by atoms with Gasteiger partial charge in [-0.05, 0) is 44.0 Å². The Morgan fingerprint density at radius 3 is 2.71 bits per heavy atom. The monoisotopic (exact) mass is 232 g/mol. The molecule has 0 aliphatic carbocycles. The summed E-state index contributed by atoms with van der Waals surface area (Å²) in [6, 6.07) is 8.00. The van der Waals surface area contributed by atoms with Gasteiger partial charge in [0.25, 0.3) is 0 Å². The average Bonchev–Trinajstić information content (AvgIpc) is 2.40. The van der Waals surface area contributed by atoms with Gasteiger partial charge >= 0.3 is 0 Å². The molecule has 1 aliphatic rings. The molecule has 0 unspecified atom stereocenters. The second-order valence-electron chi connectivity index (χ2n) is 4.57. The van der Waals surface area contributed by atoms with Crippen LogP contribution < -0.4 is 11.1 Å². The van der Waals surface area contributed by atoms with Crippen LogP contribution in [0, 0.1) is 0 Å². The average molecular weight is 232 g/mol. The van der Waals surface area contributed by atoms with E-state index in [-0.39, 0.29) is 5.78 Å². The minimum Gasteiger partial charge on any atom is -0.330 e. The van der Waals surface area contributed by atoms with E-state index in [0.717, 1.165) is 31.5 Å². The van der Waals surface area contributed by atoms with E-state index in [9.17, 15) is 4.79 Å². The van der Waals surface area contributed by atoms with Crippen molar-refractivity contribution in [2.45, 2.75) is 25.2 Å². The maximum atomic E-state index is 12.0. The third-order valence-corrected chi connectivity index (χ3v) is 3.41. The van der Waals surface area contributed by atoms with Gasteiger partial charge in [-0.2, -0.15) is 0 Å². The van der Waals surface area contributed by atoms with Crippen LogP contribution in [0.25, 0.3) is 0 Å². The molecule has 1 aliphatic heterocycles. The van der Waals surface area contributed by atoms with E-state index in [1.807, 2.05) is 18.2 Å². The van der Waals surface area contributed by atoms with Crippen LogP contribution >= 0.6 is 0 Å². The Morgan fingerprint density at radius 2 is 2.00 bits per heavy atom. The smallest absolute Gasteiger partial charge is 0.164 e. The second-order valence-corrected chi connectivity index (χ2v) is 4.57. The molecule has 1 aromatic carbocycles. The third-order valence-electron chi connectivity index (χ3n) is 3.41. The molecule has 1 aromatic rings. The Hall–Kier alpha value is -1.19. The Labute approximate surface area is 102 Å². The zero-order valence-electron chi connectivity index (χ0n) is 10.1. The number of hydrogen-bond acceptors (Lipinski definition) is 3. The van der Waals surface area contributed by atoms with Crippen LogP contribution in [0.4, 0.5) is 0 Å². The normalized spacial score (nSPS) is 17.0. The van der Waals surface area contributed by atoms with E-state index in [0.29, 0.717) is 18.9 Å².